The van der Waals surface area contributed by atoms with Crippen LogP contribution >= 0.6 is 0 Å². The molecule has 1 aliphatic carbocycles. The summed E-state index contributed by atoms with van der Waals surface area (Å²) in [5.74, 6) is 0.911. The lowest BCUT2D eigenvalue weighted by molar-refractivity contribution is -0.287. The summed E-state index contributed by atoms with van der Waals surface area (Å²) in [5, 5.41) is 8.42. The molecule has 2 unspecified atom stereocenters. The molecule has 0 radical (unpaired) electrons. The Bertz CT molecular complexity index is 291. The first-order chi connectivity index (χ1) is 8.20. The van der Waals surface area contributed by atoms with Crippen LogP contribution in [0, 0.1) is 23.4 Å². The summed E-state index contributed by atoms with van der Waals surface area (Å²) in [4.78, 5) is 9.70. The Kier molecular flexibility index (Phi) is 6.07. The highest BCUT2D eigenvalue weighted by atomic mass is 17.2. The summed E-state index contributed by atoms with van der Waals surface area (Å²) in [6, 6.07) is 0. The lowest BCUT2D eigenvalue weighted by Crippen LogP contribution is -2.32. The number of unbranched alkanes of at least 4 members (excludes halogenated alkanes) is 1. The largest absolute Gasteiger partial charge is 0.324 e. The van der Waals surface area contributed by atoms with Gasteiger partial charge >= 0.3 is 6.26 Å². The standard InChI is InChI=1S/C14H23NO2/c1-4-5-7-12-8-6-9-13(17-16-10-15)14(12)11(2)3/h8,11,13-14H,4-7,9H2,1-3H3. The van der Waals surface area contributed by atoms with Gasteiger partial charge in [0.15, 0.2) is 0 Å². The summed E-state index contributed by atoms with van der Waals surface area (Å²) in [6.07, 6.45) is 9.53. The number of allylic oxidation sites excluding steroid dienone is 1. The molecule has 96 valence electrons. The van der Waals surface area contributed by atoms with E-state index in [2.05, 4.69) is 31.7 Å². The van der Waals surface area contributed by atoms with Crippen molar-refractivity contribution in [3.63, 3.8) is 0 Å². The summed E-state index contributed by atoms with van der Waals surface area (Å²) >= 11 is 0. The summed E-state index contributed by atoms with van der Waals surface area (Å²) in [7, 11) is 0. The monoisotopic (exact) mass is 237 g/mol. The van der Waals surface area contributed by atoms with Crippen LogP contribution in [0.25, 0.3) is 0 Å². The van der Waals surface area contributed by atoms with Crippen LogP contribution in [0.3, 0.4) is 0 Å². The molecule has 0 aromatic carbocycles. The van der Waals surface area contributed by atoms with E-state index in [0.29, 0.717) is 11.8 Å². The molecule has 1 rings (SSSR count). The van der Waals surface area contributed by atoms with Crippen LogP contribution in [-0.4, -0.2) is 6.10 Å². The van der Waals surface area contributed by atoms with Crippen molar-refractivity contribution in [2.24, 2.45) is 11.8 Å². The third kappa shape index (κ3) is 4.05. The SMILES string of the molecule is CCCCC1=CCCC(OOC#N)C1C(C)C. The number of rotatable bonds is 6. The molecule has 0 N–H and O–H groups in total. The predicted octanol–water partition coefficient (Wildman–Crippen LogP) is 3.97. The molecule has 0 saturated heterocycles. The van der Waals surface area contributed by atoms with Crippen molar-refractivity contribution < 1.29 is 9.78 Å². The second kappa shape index (κ2) is 7.34. The maximum absolute atomic E-state index is 8.42. The first kappa shape index (κ1) is 14.1. The van der Waals surface area contributed by atoms with Gasteiger partial charge in [-0.15, -0.1) is 5.26 Å². The molecule has 0 spiro atoms. The van der Waals surface area contributed by atoms with Gasteiger partial charge in [0.05, 0.1) is 0 Å². The van der Waals surface area contributed by atoms with Crippen LogP contribution < -0.4 is 0 Å². The number of nitrogens with zero attached hydrogens (tertiary/aromatic N) is 1. The number of hydrogen-bond acceptors (Lipinski definition) is 3. The van der Waals surface area contributed by atoms with Crippen molar-refractivity contribution in [1.82, 2.24) is 0 Å². The molecule has 0 saturated carbocycles. The van der Waals surface area contributed by atoms with Crippen molar-refractivity contribution in [1.29, 1.82) is 5.26 Å². The molecule has 0 aromatic rings. The Hall–Kier alpha value is -1.01. The van der Waals surface area contributed by atoms with Gasteiger partial charge < -0.3 is 0 Å². The van der Waals surface area contributed by atoms with Crippen LogP contribution in [-0.2, 0) is 9.78 Å². The molecule has 0 heterocycles. The van der Waals surface area contributed by atoms with Crippen LogP contribution in [0.15, 0.2) is 11.6 Å². The lowest BCUT2D eigenvalue weighted by atomic mass is 9.76. The summed E-state index contributed by atoms with van der Waals surface area (Å²) in [6.45, 7) is 6.62. The molecule has 0 aromatic heterocycles. The fourth-order valence-corrected chi connectivity index (χ4v) is 2.69. The van der Waals surface area contributed by atoms with Gasteiger partial charge in [-0.2, -0.15) is 4.89 Å². The Morgan fingerprint density at radius 2 is 2.29 bits per heavy atom. The smallest absolute Gasteiger partial charge is 0.254 e. The van der Waals surface area contributed by atoms with Gasteiger partial charge in [-0.1, -0.05) is 38.8 Å². The fraction of sp³-hybridized carbons (Fsp3) is 0.786. The zero-order valence-electron chi connectivity index (χ0n) is 11.1. The second-order valence-corrected chi connectivity index (χ2v) is 5.04. The summed E-state index contributed by atoms with van der Waals surface area (Å²) < 4.78 is 0. The van der Waals surface area contributed by atoms with E-state index in [4.69, 9.17) is 10.1 Å². The minimum atomic E-state index is 0.0338. The summed E-state index contributed by atoms with van der Waals surface area (Å²) in [5.41, 5.74) is 1.49. The van der Waals surface area contributed by atoms with Crippen molar-refractivity contribution in [3.05, 3.63) is 11.6 Å². The molecule has 2 atom stereocenters. The maximum Gasteiger partial charge on any atom is 0.324 e. The molecule has 0 amide bonds. The average Bonchev–Trinajstić information content (AvgIpc) is 2.33. The minimum Gasteiger partial charge on any atom is -0.254 e. The zero-order valence-corrected chi connectivity index (χ0v) is 11.1. The maximum atomic E-state index is 8.42. The van der Waals surface area contributed by atoms with Crippen molar-refractivity contribution in [2.45, 2.75) is 59.0 Å². The quantitative estimate of drug-likeness (QED) is 0.304. The Morgan fingerprint density at radius 3 is 2.88 bits per heavy atom. The van der Waals surface area contributed by atoms with Gasteiger partial charge in [-0.25, -0.2) is 0 Å². The fourth-order valence-electron chi connectivity index (χ4n) is 2.69. The zero-order chi connectivity index (χ0) is 12.7. The number of nitriles is 1. The van der Waals surface area contributed by atoms with Crippen molar-refractivity contribution in [2.75, 3.05) is 0 Å². The van der Waals surface area contributed by atoms with Crippen LogP contribution in [0.2, 0.25) is 0 Å². The molecule has 0 fully saturated rings. The van der Waals surface area contributed by atoms with E-state index in [9.17, 15) is 0 Å². The minimum absolute atomic E-state index is 0.0338. The highest BCUT2D eigenvalue weighted by Gasteiger charge is 2.32. The van der Waals surface area contributed by atoms with E-state index in [1.807, 2.05) is 0 Å². The molecule has 0 aliphatic heterocycles. The van der Waals surface area contributed by atoms with E-state index in [0.717, 1.165) is 19.3 Å². The molecular weight excluding hydrogens is 214 g/mol. The van der Waals surface area contributed by atoms with Gasteiger partial charge in [0.1, 0.15) is 6.10 Å². The van der Waals surface area contributed by atoms with E-state index < -0.39 is 0 Å². The van der Waals surface area contributed by atoms with Gasteiger partial charge in [0.2, 0.25) is 0 Å². The highest BCUT2D eigenvalue weighted by molar-refractivity contribution is 5.13. The van der Waals surface area contributed by atoms with Gasteiger partial charge in [-0.3, -0.25) is 4.89 Å². The topological polar surface area (TPSA) is 42.2 Å². The van der Waals surface area contributed by atoms with E-state index in [1.165, 1.54) is 18.4 Å². The molecule has 17 heavy (non-hydrogen) atoms. The molecule has 3 heteroatoms. The van der Waals surface area contributed by atoms with Crippen LogP contribution in [0.5, 0.6) is 0 Å². The van der Waals surface area contributed by atoms with Crippen molar-refractivity contribution in [3.8, 4) is 6.26 Å². The molecule has 3 nitrogen and oxygen atoms in total. The van der Waals surface area contributed by atoms with E-state index >= 15 is 0 Å². The van der Waals surface area contributed by atoms with Gasteiger partial charge in [-0.05, 0) is 31.6 Å². The molecule has 0 bridgehead atoms. The Morgan fingerprint density at radius 1 is 1.53 bits per heavy atom. The van der Waals surface area contributed by atoms with E-state index in [1.54, 1.807) is 6.26 Å². The van der Waals surface area contributed by atoms with E-state index in [-0.39, 0.29) is 6.10 Å². The Labute approximate surface area is 104 Å². The first-order valence-corrected chi connectivity index (χ1v) is 6.61. The molecular formula is C14H23NO2. The Balaban J connectivity index is 2.68. The second-order valence-electron chi connectivity index (χ2n) is 5.04. The average molecular weight is 237 g/mol. The number of hydrogen-bond donors (Lipinski definition) is 0. The van der Waals surface area contributed by atoms with Gasteiger partial charge in [0, 0.05) is 5.92 Å². The third-order valence-corrected chi connectivity index (χ3v) is 3.43. The lowest BCUT2D eigenvalue weighted by Gasteiger charge is -2.33. The van der Waals surface area contributed by atoms with Crippen LogP contribution in [0.4, 0.5) is 0 Å². The highest BCUT2D eigenvalue weighted by Crippen LogP contribution is 2.35. The molecule has 1 aliphatic rings. The van der Waals surface area contributed by atoms with Crippen LogP contribution in [0.1, 0.15) is 52.9 Å². The van der Waals surface area contributed by atoms with Crippen molar-refractivity contribution >= 4 is 0 Å². The first-order valence-electron chi connectivity index (χ1n) is 6.61. The predicted molar refractivity (Wildman–Crippen MR) is 66.7 cm³/mol. The third-order valence-electron chi connectivity index (χ3n) is 3.43. The van der Waals surface area contributed by atoms with Gasteiger partial charge in [0.25, 0.3) is 0 Å². The normalized spacial score (nSPS) is 24.3.